The molecule has 3 aromatic rings. The van der Waals surface area contributed by atoms with Crippen LogP contribution in [0.5, 0.6) is 0 Å². The highest BCUT2D eigenvalue weighted by Crippen LogP contribution is 2.24. The van der Waals surface area contributed by atoms with Gasteiger partial charge in [-0.15, -0.1) is 21.5 Å². The van der Waals surface area contributed by atoms with E-state index in [2.05, 4.69) is 25.1 Å². The van der Waals surface area contributed by atoms with E-state index in [1.807, 2.05) is 17.5 Å². The minimum Gasteiger partial charge on any atom is -0.462 e. The van der Waals surface area contributed by atoms with Gasteiger partial charge in [-0.05, 0) is 18.6 Å². The number of amides is 1. The monoisotopic (exact) mass is 343 g/mol. The number of nitrogens with zero attached hydrogens (tertiary/aromatic N) is 4. The van der Waals surface area contributed by atoms with Crippen molar-refractivity contribution >= 4 is 17.2 Å². The standard InChI is InChI=1S/C16H17N5O2S/c22-15(9-11-10-24-16(18-11)12-3-2-8-23-12)17-6-5-14-20-19-13-4-1-7-21(13)14/h2-3,8,10H,1,4-7,9H2,(H,17,22). The van der Waals surface area contributed by atoms with Gasteiger partial charge in [0.2, 0.25) is 5.91 Å². The molecule has 0 aromatic carbocycles. The summed E-state index contributed by atoms with van der Waals surface area (Å²) in [4.78, 5) is 16.5. The fourth-order valence-corrected chi connectivity index (χ4v) is 3.62. The van der Waals surface area contributed by atoms with Gasteiger partial charge >= 0.3 is 0 Å². The van der Waals surface area contributed by atoms with Crippen molar-refractivity contribution in [3.63, 3.8) is 0 Å². The zero-order valence-corrected chi connectivity index (χ0v) is 13.9. The van der Waals surface area contributed by atoms with Crippen LogP contribution < -0.4 is 5.32 Å². The first kappa shape index (κ1) is 15.1. The lowest BCUT2D eigenvalue weighted by Gasteiger charge is -2.05. The highest BCUT2D eigenvalue weighted by Gasteiger charge is 2.17. The number of carbonyl (C=O) groups excluding carboxylic acids is 1. The number of furan rings is 1. The van der Waals surface area contributed by atoms with Crippen LogP contribution in [0.4, 0.5) is 0 Å². The minimum atomic E-state index is -0.0348. The number of hydrogen-bond donors (Lipinski definition) is 1. The van der Waals surface area contributed by atoms with E-state index in [1.54, 1.807) is 6.26 Å². The van der Waals surface area contributed by atoms with E-state index >= 15 is 0 Å². The van der Waals surface area contributed by atoms with Gasteiger partial charge in [-0.3, -0.25) is 4.79 Å². The van der Waals surface area contributed by atoms with Gasteiger partial charge in [-0.2, -0.15) is 0 Å². The molecule has 0 saturated heterocycles. The largest absolute Gasteiger partial charge is 0.462 e. The third kappa shape index (κ3) is 3.09. The maximum absolute atomic E-state index is 12.1. The van der Waals surface area contributed by atoms with Crippen LogP contribution >= 0.6 is 11.3 Å². The van der Waals surface area contributed by atoms with Crippen LogP contribution in [-0.2, 0) is 30.6 Å². The first-order valence-electron chi connectivity index (χ1n) is 7.95. The van der Waals surface area contributed by atoms with Gasteiger partial charge in [-0.1, -0.05) is 0 Å². The Labute approximate surface area is 142 Å². The van der Waals surface area contributed by atoms with E-state index in [0.717, 1.165) is 47.5 Å². The average Bonchev–Trinajstić information content (AvgIpc) is 3.33. The molecular formula is C16H17N5O2S. The van der Waals surface area contributed by atoms with Crippen molar-refractivity contribution in [3.8, 4) is 10.8 Å². The zero-order valence-electron chi connectivity index (χ0n) is 13.1. The molecule has 0 unspecified atom stereocenters. The summed E-state index contributed by atoms with van der Waals surface area (Å²) >= 11 is 1.48. The second kappa shape index (κ2) is 6.56. The smallest absolute Gasteiger partial charge is 0.226 e. The van der Waals surface area contributed by atoms with Crippen LogP contribution in [-0.4, -0.2) is 32.2 Å². The molecule has 8 heteroatoms. The molecule has 124 valence electrons. The molecule has 4 rings (SSSR count). The van der Waals surface area contributed by atoms with Gasteiger partial charge in [0.25, 0.3) is 0 Å². The highest BCUT2D eigenvalue weighted by atomic mass is 32.1. The fourth-order valence-electron chi connectivity index (χ4n) is 2.84. The molecule has 3 aromatic heterocycles. The molecule has 0 atom stereocenters. The molecule has 0 fully saturated rings. The topological polar surface area (TPSA) is 85.8 Å². The number of aromatic nitrogens is 4. The number of fused-ring (bicyclic) bond motifs is 1. The molecule has 4 heterocycles. The SMILES string of the molecule is O=C(Cc1csc(-c2ccco2)n1)NCCc1nnc2n1CCC2. The summed E-state index contributed by atoms with van der Waals surface area (Å²) in [7, 11) is 0. The Morgan fingerprint density at radius 3 is 3.25 bits per heavy atom. The van der Waals surface area contributed by atoms with E-state index in [1.165, 1.54) is 11.3 Å². The van der Waals surface area contributed by atoms with Crippen molar-refractivity contribution in [1.82, 2.24) is 25.1 Å². The van der Waals surface area contributed by atoms with E-state index in [4.69, 9.17) is 4.42 Å². The number of carbonyl (C=O) groups is 1. The van der Waals surface area contributed by atoms with Gasteiger partial charge < -0.3 is 14.3 Å². The summed E-state index contributed by atoms with van der Waals surface area (Å²) < 4.78 is 7.47. The van der Waals surface area contributed by atoms with Crippen LogP contribution in [0.1, 0.15) is 23.8 Å². The van der Waals surface area contributed by atoms with Crippen LogP contribution in [0, 0.1) is 0 Å². The molecule has 1 aliphatic heterocycles. The third-order valence-electron chi connectivity index (χ3n) is 3.98. The number of thiazole rings is 1. The lowest BCUT2D eigenvalue weighted by atomic mass is 10.3. The van der Waals surface area contributed by atoms with E-state index < -0.39 is 0 Å². The number of rotatable bonds is 6. The Morgan fingerprint density at radius 2 is 2.38 bits per heavy atom. The van der Waals surface area contributed by atoms with Crippen molar-refractivity contribution < 1.29 is 9.21 Å². The van der Waals surface area contributed by atoms with Crippen molar-refractivity contribution in [1.29, 1.82) is 0 Å². The molecule has 0 radical (unpaired) electrons. The summed E-state index contributed by atoms with van der Waals surface area (Å²) in [6.45, 7) is 1.55. The summed E-state index contributed by atoms with van der Waals surface area (Å²) in [5.41, 5.74) is 0.757. The van der Waals surface area contributed by atoms with Crippen LogP contribution in [0.25, 0.3) is 10.8 Å². The van der Waals surface area contributed by atoms with Crippen LogP contribution in [0.3, 0.4) is 0 Å². The van der Waals surface area contributed by atoms with Gasteiger partial charge in [0.1, 0.15) is 11.6 Å². The zero-order chi connectivity index (χ0) is 16.4. The molecule has 0 spiro atoms. The Hall–Kier alpha value is -2.48. The molecule has 1 N–H and O–H groups in total. The first-order chi connectivity index (χ1) is 11.8. The number of aryl methyl sites for hydroxylation is 1. The maximum atomic E-state index is 12.1. The van der Waals surface area contributed by atoms with Crippen molar-refractivity contribution in [2.24, 2.45) is 0 Å². The average molecular weight is 343 g/mol. The Bertz CT molecular complexity index is 837. The third-order valence-corrected chi connectivity index (χ3v) is 4.89. The predicted octanol–water partition coefficient (Wildman–Crippen LogP) is 1.84. The normalized spacial score (nSPS) is 13.2. The lowest BCUT2D eigenvalue weighted by Crippen LogP contribution is -2.28. The molecule has 0 saturated carbocycles. The Balaban J connectivity index is 1.28. The maximum Gasteiger partial charge on any atom is 0.226 e. The molecule has 24 heavy (non-hydrogen) atoms. The summed E-state index contributed by atoms with van der Waals surface area (Å²) in [6.07, 6.45) is 4.72. The molecular weight excluding hydrogens is 326 g/mol. The van der Waals surface area contributed by atoms with Gasteiger partial charge in [-0.25, -0.2) is 4.98 Å². The van der Waals surface area contributed by atoms with Gasteiger partial charge in [0.15, 0.2) is 10.8 Å². The first-order valence-corrected chi connectivity index (χ1v) is 8.83. The summed E-state index contributed by atoms with van der Waals surface area (Å²) in [5.74, 6) is 2.71. The highest BCUT2D eigenvalue weighted by molar-refractivity contribution is 7.13. The van der Waals surface area contributed by atoms with E-state index in [0.29, 0.717) is 13.0 Å². The van der Waals surface area contributed by atoms with Crippen LogP contribution in [0.15, 0.2) is 28.2 Å². The molecule has 0 aliphatic carbocycles. The molecule has 1 amide bonds. The van der Waals surface area contributed by atoms with Crippen molar-refractivity contribution in [2.75, 3.05) is 6.54 Å². The number of hydrogen-bond acceptors (Lipinski definition) is 6. The number of nitrogens with one attached hydrogen (secondary N) is 1. The fraction of sp³-hybridized carbons (Fsp3) is 0.375. The van der Waals surface area contributed by atoms with Crippen molar-refractivity contribution in [3.05, 3.63) is 41.1 Å². The van der Waals surface area contributed by atoms with Crippen molar-refractivity contribution in [2.45, 2.75) is 32.2 Å². The predicted molar refractivity (Wildman–Crippen MR) is 88.6 cm³/mol. The van der Waals surface area contributed by atoms with Gasteiger partial charge in [0.05, 0.1) is 18.4 Å². The quantitative estimate of drug-likeness (QED) is 0.738. The second-order valence-corrected chi connectivity index (χ2v) is 6.54. The van der Waals surface area contributed by atoms with Gasteiger partial charge in [0, 0.05) is 31.3 Å². The molecule has 0 bridgehead atoms. The van der Waals surface area contributed by atoms with Crippen LogP contribution in [0.2, 0.25) is 0 Å². The molecule has 1 aliphatic rings. The van der Waals surface area contributed by atoms with E-state index in [9.17, 15) is 4.79 Å². The Kier molecular flexibility index (Phi) is 4.12. The minimum absolute atomic E-state index is 0.0348. The molecule has 7 nitrogen and oxygen atoms in total. The summed E-state index contributed by atoms with van der Waals surface area (Å²) in [6, 6.07) is 3.68. The van der Waals surface area contributed by atoms with E-state index in [-0.39, 0.29) is 12.3 Å². The summed E-state index contributed by atoms with van der Waals surface area (Å²) in [5, 5.41) is 14.0. The lowest BCUT2D eigenvalue weighted by molar-refractivity contribution is -0.120. The second-order valence-electron chi connectivity index (χ2n) is 5.69. The Morgan fingerprint density at radius 1 is 1.42 bits per heavy atom.